The second-order valence-electron chi connectivity index (χ2n) is 5.88. The Balaban J connectivity index is 2.37. The van der Waals surface area contributed by atoms with E-state index in [1.54, 1.807) is 21.5 Å². The van der Waals surface area contributed by atoms with Gasteiger partial charge in [0, 0.05) is 19.3 Å². The number of aromatic nitrogens is 5. The van der Waals surface area contributed by atoms with E-state index in [-0.39, 0.29) is 21.4 Å². The van der Waals surface area contributed by atoms with Crippen LogP contribution < -0.4 is 5.56 Å². The number of aryl methyl sites for hydroxylation is 2. The van der Waals surface area contributed by atoms with Crippen molar-refractivity contribution >= 4 is 29.2 Å². The highest BCUT2D eigenvalue weighted by molar-refractivity contribution is 7.71. The Morgan fingerprint density at radius 2 is 2.12 bits per heavy atom. The molecule has 0 aliphatic heterocycles. The zero-order valence-electron chi connectivity index (χ0n) is 14.5. The van der Waals surface area contributed by atoms with E-state index in [0.29, 0.717) is 24.5 Å². The number of pyridine rings is 1. The first-order chi connectivity index (χ1) is 12.5. The van der Waals surface area contributed by atoms with Gasteiger partial charge in [-0.25, -0.2) is 9.78 Å². The number of fused-ring (bicyclic) bond motifs is 1. The van der Waals surface area contributed by atoms with E-state index in [4.69, 9.17) is 12.2 Å². The van der Waals surface area contributed by atoms with Gasteiger partial charge in [-0.15, -0.1) is 0 Å². The highest BCUT2D eigenvalue weighted by atomic mass is 32.1. The van der Waals surface area contributed by atoms with Crippen molar-refractivity contribution < 1.29 is 9.90 Å². The van der Waals surface area contributed by atoms with Crippen LogP contribution in [0.5, 0.6) is 0 Å². The number of aromatic carboxylic acids is 1. The number of nitrogens with zero attached hydrogens (tertiary/aromatic N) is 4. The highest BCUT2D eigenvalue weighted by Crippen LogP contribution is 2.22. The molecule has 8 nitrogen and oxygen atoms in total. The van der Waals surface area contributed by atoms with Gasteiger partial charge in [-0.3, -0.25) is 14.5 Å². The molecule has 9 heteroatoms. The minimum absolute atomic E-state index is 0.0286. The fraction of sp³-hybridized carbons (Fsp3) is 0.353. The summed E-state index contributed by atoms with van der Waals surface area (Å²) in [4.78, 5) is 31.3. The maximum atomic E-state index is 12.4. The molecule has 0 saturated heterocycles. The molecule has 0 bridgehead atoms. The minimum Gasteiger partial charge on any atom is -0.478 e. The molecule has 3 rings (SSSR count). The lowest BCUT2D eigenvalue weighted by molar-refractivity contribution is 0.0699. The van der Waals surface area contributed by atoms with Crippen molar-refractivity contribution in [2.24, 2.45) is 0 Å². The summed E-state index contributed by atoms with van der Waals surface area (Å²) < 4.78 is 3.64. The molecule has 0 unspecified atom stereocenters. The Morgan fingerprint density at radius 3 is 2.73 bits per heavy atom. The first kappa shape index (κ1) is 18.0. The predicted molar refractivity (Wildman–Crippen MR) is 100.0 cm³/mol. The summed E-state index contributed by atoms with van der Waals surface area (Å²) in [6.45, 7) is 5.22. The maximum Gasteiger partial charge on any atom is 0.336 e. The Hall–Kier alpha value is -2.81. The molecular weight excluding hydrogens is 354 g/mol. The molecule has 26 heavy (non-hydrogen) atoms. The smallest absolute Gasteiger partial charge is 0.336 e. The third-order valence-electron chi connectivity index (χ3n) is 4.14. The molecule has 0 aromatic carbocycles. The van der Waals surface area contributed by atoms with Gasteiger partial charge in [-0.2, -0.15) is 5.10 Å². The number of unbranched alkanes of at least 4 members (excludes halogenated alkanes) is 1. The SMILES string of the molecule is CCCCn1c(=S)[nH]c(=O)c2c(C(=O)O)cc(-c3ccn(CC)n3)nc21. The van der Waals surface area contributed by atoms with Gasteiger partial charge in [0.25, 0.3) is 5.56 Å². The second kappa shape index (κ2) is 7.20. The van der Waals surface area contributed by atoms with E-state index in [1.165, 1.54) is 6.07 Å². The van der Waals surface area contributed by atoms with Crippen LogP contribution in [0, 0.1) is 4.77 Å². The van der Waals surface area contributed by atoms with Crippen LogP contribution in [-0.2, 0) is 13.1 Å². The van der Waals surface area contributed by atoms with Crippen LogP contribution >= 0.6 is 12.2 Å². The van der Waals surface area contributed by atoms with Crippen LogP contribution in [0.3, 0.4) is 0 Å². The number of nitrogens with one attached hydrogen (secondary N) is 1. The minimum atomic E-state index is -1.20. The summed E-state index contributed by atoms with van der Waals surface area (Å²) in [5.41, 5.74) is 0.552. The number of carbonyl (C=O) groups is 1. The van der Waals surface area contributed by atoms with Gasteiger partial charge in [0.05, 0.1) is 16.6 Å². The normalized spacial score (nSPS) is 11.2. The van der Waals surface area contributed by atoms with Crippen LogP contribution in [0.1, 0.15) is 37.0 Å². The highest BCUT2D eigenvalue weighted by Gasteiger charge is 2.19. The molecule has 0 atom stereocenters. The van der Waals surface area contributed by atoms with E-state index < -0.39 is 11.5 Å². The molecular formula is C17H19N5O3S. The van der Waals surface area contributed by atoms with Crippen LogP contribution in [-0.4, -0.2) is 35.4 Å². The van der Waals surface area contributed by atoms with Crippen molar-refractivity contribution in [3.05, 3.63) is 39.0 Å². The molecule has 2 N–H and O–H groups in total. The number of hydrogen-bond donors (Lipinski definition) is 2. The lowest BCUT2D eigenvalue weighted by atomic mass is 10.1. The monoisotopic (exact) mass is 373 g/mol. The van der Waals surface area contributed by atoms with E-state index in [2.05, 4.69) is 15.1 Å². The lowest BCUT2D eigenvalue weighted by Gasteiger charge is -2.12. The number of H-pyrrole nitrogens is 1. The van der Waals surface area contributed by atoms with Crippen molar-refractivity contribution in [1.82, 2.24) is 24.3 Å². The van der Waals surface area contributed by atoms with Crippen molar-refractivity contribution in [3.63, 3.8) is 0 Å². The fourth-order valence-electron chi connectivity index (χ4n) is 2.77. The zero-order valence-corrected chi connectivity index (χ0v) is 15.3. The summed E-state index contributed by atoms with van der Waals surface area (Å²) in [6, 6.07) is 3.15. The van der Waals surface area contributed by atoms with E-state index in [0.717, 1.165) is 12.8 Å². The molecule has 0 fully saturated rings. The number of aromatic amines is 1. The molecule has 3 aromatic heterocycles. The van der Waals surface area contributed by atoms with Crippen LogP contribution in [0.4, 0.5) is 0 Å². The van der Waals surface area contributed by atoms with Gasteiger partial charge < -0.3 is 9.67 Å². The molecule has 0 aliphatic rings. The first-order valence-corrected chi connectivity index (χ1v) is 8.82. The van der Waals surface area contributed by atoms with Gasteiger partial charge in [0.2, 0.25) is 0 Å². The van der Waals surface area contributed by atoms with Gasteiger partial charge in [-0.05, 0) is 37.7 Å². The van der Waals surface area contributed by atoms with Gasteiger partial charge in [0.15, 0.2) is 4.77 Å². The van der Waals surface area contributed by atoms with Crippen molar-refractivity contribution in [2.45, 2.75) is 39.8 Å². The fourth-order valence-corrected chi connectivity index (χ4v) is 3.04. The summed E-state index contributed by atoms with van der Waals surface area (Å²) in [5, 5.41) is 14.0. The third kappa shape index (κ3) is 3.17. The average molecular weight is 373 g/mol. The summed E-state index contributed by atoms with van der Waals surface area (Å²) in [6.07, 6.45) is 3.55. The van der Waals surface area contributed by atoms with Crippen LogP contribution in [0.15, 0.2) is 23.1 Å². The average Bonchev–Trinajstić information content (AvgIpc) is 3.09. The lowest BCUT2D eigenvalue weighted by Crippen LogP contribution is -2.19. The Labute approximate surface area is 154 Å². The van der Waals surface area contributed by atoms with E-state index in [9.17, 15) is 14.7 Å². The number of hydrogen-bond acceptors (Lipinski definition) is 5. The molecule has 136 valence electrons. The van der Waals surface area contributed by atoms with Crippen molar-refractivity contribution in [1.29, 1.82) is 0 Å². The molecule has 3 heterocycles. The second-order valence-corrected chi connectivity index (χ2v) is 6.27. The predicted octanol–water partition coefficient (Wildman–Crippen LogP) is 2.84. The molecule has 0 spiro atoms. The molecule has 0 amide bonds. The molecule has 0 radical (unpaired) electrons. The van der Waals surface area contributed by atoms with E-state index in [1.807, 2.05) is 13.8 Å². The number of carboxylic acid groups (broad SMARTS) is 1. The van der Waals surface area contributed by atoms with Gasteiger partial charge >= 0.3 is 5.97 Å². The molecule has 3 aromatic rings. The van der Waals surface area contributed by atoms with Gasteiger partial charge in [0.1, 0.15) is 11.3 Å². The number of rotatable bonds is 6. The Bertz CT molecular complexity index is 1100. The molecule has 0 saturated carbocycles. The van der Waals surface area contributed by atoms with Crippen LogP contribution in [0.25, 0.3) is 22.4 Å². The Kier molecular flexibility index (Phi) is 4.99. The van der Waals surface area contributed by atoms with Crippen molar-refractivity contribution in [3.8, 4) is 11.4 Å². The third-order valence-corrected chi connectivity index (χ3v) is 4.46. The first-order valence-electron chi connectivity index (χ1n) is 8.41. The number of carboxylic acids is 1. The molecule has 0 aliphatic carbocycles. The Morgan fingerprint density at radius 1 is 1.35 bits per heavy atom. The van der Waals surface area contributed by atoms with E-state index >= 15 is 0 Å². The summed E-state index contributed by atoms with van der Waals surface area (Å²) in [5.74, 6) is -1.20. The van der Waals surface area contributed by atoms with Crippen molar-refractivity contribution in [2.75, 3.05) is 0 Å². The standard InChI is InChI=1S/C17H19N5O3S/c1-3-5-7-22-14-13(15(23)19-17(22)26)10(16(24)25)9-12(18-14)11-6-8-21(4-2)20-11/h6,8-9H,3-5,7H2,1-2H3,(H,24,25)(H,19,23,26). The van der Waals surface area contributed by atoms with Gasteiger partial charge in [-0.1, -0.05) is 13.3 Å². The quantitative estimate of drug-likeness (QED) is 0.644. The summed E-state index contributed by atoms with van der Waals surface area (Å²) in [7, 11) is 0. The van der Waals surface area contributed by atoms with Crippen LogP contribution in [0.2, 0.25) is 0 Å². The summed E-state index contributed by atoms with van der Waals surface area (Å²) >= 11 is 5.27. The zero-order chi connectivity index (χ0) is 18.8. The largest absolute Gasteiger partial charge is 0.478 e. The topological polar surface area (TPSA) is 106 Å². The maximum absolute atomic E-state index is 12.4.